The van der Waals surface area contributed by atoms with Gasteiger partial charge in [0, 0.05) is 12.4 Å². The van der Waals surface area contributed by atoms with Crippen molar-refractivity contribution in [1.29, 1.82) is 0 Å². The second kappa shape index (κ2) is 5.42. The topological polar surface area (TPSA) is 46.6 Å². The smallest absolute Gasteiger partial charge is 0.279 e. The molecule has 114 valence electrons. The summed E-state index contributed by atoms with van der Waals surface area (Å²) in [5.74, 6) is -0.423. The fourth-order valence-electron chi connectivity index (χ4n) is 2.69. The highest BCUT2D eigenvalue weighted by molar-refractivity contribution is 5.55. The normalized spacial score (nSPS) is 12.7. The molecule has 5 heteroatoms. The number of fused-ring (bicyclic) bond motifs is 1. The molecule has 0 bridgehead atoms. The van der Waals surface area contributed by atoms with Crippen LogP contribution in [-0.2, 0) is 0 Å². The van der Waals surface area contributed by atoms with Crippen LogP contribution in [0.15, 0.2) is 47.5 Å². The summed E-state index contributed by atoms with van der Waals surface area (Å²) in [6.45, 7) is 3.68. The average molecular weight is 300 g/mol. The van der Waals surface area contributed by atoms with Crippen molar-refractivity contribution in [3.8, 4) is 5.69 Å². The molecule has 2 heterocycles. The molecular weight excluding hydrogens is 283 g/mol. The van der Waals surface area contributed by atoms with Gasteiger partial charge in [-0.15, -0.1) is 0 Å². The molecule has 1 aromatic carbocycles. The van der Waals surface area contributed by atoms with Crippen LogP contribution in [0.4, 0.5) is 4.39 Å². The Hall–Kier alpha value is -2.40. The second-order valence-corrected chi connectivity index (χ2v) is 5.35. The van der Waals surface area contributed by atoms with Crippen LogP contribution in [0.1, 0.15) is 30.7 Å². The van der Waals surface area contributed by atoms with E-state index in [1.807, 2.05) is 19.9 Å². The number of hydrogen-bond donors (Lipinski definition) is 1. The molecule has 0 saturated heterocycles. The summed E-state index contributed by atoms with van der Waals surface area (Å²) in [4.78, 5) is 12.9. The van der Waals surface area contributed by atoms with Gasteiger partial charge in [0.15, 0.2) is 0 Å². The first-order chi connectivity index (χ1) is 10.5. The van der Waals surface area contributed by atoms with Crippen LogP contribution in [-0.4, -0.2) is 14.1 Å². The zero-order valence-corrected chi connectivity index (χ0v) is 12.5. The van der Waals surface area contributed by atoms with Gasteiger partial charge >= 0.3 is 0 Å². The fourth-order valence-corrected chi connectivity index (χ4v) is 2.69. The highest BCUT2D eigenvalue weighted by Crippen LogP contribution is 2.21. The summed E-state index contributed by atoms with van der Waals surface area (Å²) in [6, 6.07) is 7.67. The maximum atomic E-state index is 13.5. The lowest BCUT2D eigenvalue weighted by Gasteiger charge is -2.18. The van der Waals surface area contributed by atoms with Gasteiger partial charge in [-0.05, 0) is 43.2 Å². The first-order valence-corrected chi connectivity index (χ1v) is 7.20. The molecule has 0 aliphatic rings. The Bertz CT molecular complexity index is 895. The predicted molar refractivity (Wildman–Crippen MR) is 82.9 cm³/mol. The minimum atomic E-state index is -0.803. The monoisotopic (exact) mass is 300 g/mol. The lowest BCUT2D eigenvalue weighted by molar-refractivity contribution is 0.165. The average Bonchev–Trinajstić information content (AvgIpc) is 2.87. The van der Waals surface area contributed by atoms with Gasteiger partial charge in [0.25, 0.3) is 5.56 Å². The zero-order valence-electron chi connectivity index (χ0n) is 12.5. The van der Waals surface area contributed by atoms with Crippen LogP contribution in [0.25, 0.3) is 11.2 Å². The lowest BCUT2D eigenvalue weighted by atomic mass is 10.2. The summed E-state index contributed by atoms with van der Waals surface area (Å²) in [7, 11) is 0. The highest BCUT2D eigenvalue weighted by atomic mass is 19.1. The van der Waals surface area contributed by atoms with Gasteiger partial charge in [0.1, 0.15) is 11.3 Å². The molecular formula is C17H17FN2O2. The molecule has 0 aliphatic carbocycles. The Balaban J connectivity index is 2.41. The predicted octanol–water partition coefficient (Wildman–Crippen LogP) is 2.98. The van der Waals surface area contributed by atoms with Gasteiger partial charge in [-0.25, -0.2) is 4.39 Å². The summed E-state index contributed by atoms with van der Waals surface area (Å²) in [5, 5.41) is 10.3. The molecule has 1 N–H and O–H groups in total. The van der Waals surface area contributed by atoms with E-state index in [-0.39, 0.29) is 5.56 Å². The minimum Gasteiger partial charge on any atom is -0.387 e. The molecule has 4 nitrogen and oxygen atoms in total. The second-order valence-electron chi connectivity index (χ2n) is 5.35. The number of hydrogen-bond acceptors (Lipinski definition) is 2. The minimum absolute atomic E-state index is 0.266. The van der Waals surface area contributed by atoms with Crippen molar-refractivity contribution in [3.63, 3.8) is 0 Å². The Morgan fingerprint density at radius 3 is 2.77 bits per heavy atom. The SMILES string of the molecule is CCC(O)c1cn2ccc(C)c2c(=O)n1-c1cccc(F)c1. The number of aliphatic hydroxyl groups excluding tert-OH is 1. The van der Waals surface area contributed by atoms with Crippen molar-refractivity contribution in [1.82, 2.24) is 8.97 Å². The maximum absolute atomic E-state index is 13.5. The quantitative estimate of drug-likeness (QED) is 0.808. The Morgan fingerprint density at radius 2 is 2.09 bits per heavy atom. The number of halogens is 1. The molecule has 2 aromatic heterocycles. The summed E-state index contributed by atoms with van der Waals surface area (Å²) in [5.41, 5.74) is 1.96. The van der Waals surface area contributed by atoms with Crippen LogP contribution >= 0.6 is 0 Å². The number of benzene rings is 1. The van der Waals surface area contributed by atoms with E-state index in [2.05, 4.69) is 0 Å². The summed E-state index contributed by atoms with van der Waals surface area (Å²) in [6.07, 6.45) is 3.17. The van der Waals surface area contributed by atoms with Crippen LogP contribution < -0.4 is 5.56 Å². The van der Waals surface area contributed by atoms with Crippen molar-refractivity contribution in [3.05, 3.63) is 70.2 Å². The van der Waals surface area contributed by atoms with Gasteiger partial charge in [-0.2, -0.15) is 0 Å². The Labute approximate surface area is 127 Å². The van der Waals surface area contributed by atoms with Gasteiger partial charge in [-0.3, -0.25) is 9.36 Å². The number of rotatable bonds is 3. The molecule has 3 aromatic rings. The highest BCUT2D eigenvalue weighted by Gasteiger charge is 2.17. The van der Waals surface area contributed by atoms with Crippen molar-refractivity contribution in [2.24, 2.45) is 0 Å². The molecule has 0 fully saturated rings. The maximum Gasteiger partial charge on any atom is 0.279 e. The largest absolute Gasteiger partial charge is 0.387 e. The third kappa shape index (κ3) is 2.23. The van der Waals surface area contributed by atoms with E-state index in [1.54, 1.807) is 28.9 Å². The van der Waals surface area contributed by atoms with Gasteiger partial charge in [-0.1, -0.05) is 13.0 Å². The van der Waals surface area contributed by atoms with E-state index in [0.717, 1.165) is 5.56 Å². The third-order valence-corrected chi connectivity index (χ3v) is 3.85. The van der Waals surface area contributed by atoms with E-state index in [4.69, 9.17) is 0 Å². The molecule has 0 saturated carbocycles. The van der Waals surface area contributed by atoms with Crippen LogP contribution in [0.5, 0.6) is 0 Å². The molecule has 0 aliphatic heterocycles. The van der Waals surface area contributed by atoms with Gasteiger partial charge in [0.2, 0.25) is 0 Å². The lowest BCUT2D eigenvalue weighted by Crippen LogP contribution is -2.26. The fraction of sp³-hybridized carbons (Fsp3) is 0.235. The van der Waals surface area contributed by atoms with E-state index in [1.165, 1.54) is 16.7 Å². The number of aliphatic hydroxyl groups is 1. The molecule has 3 rings (SSSR count). The summed E-state index contributed by atoms with van der Waals surface area (Å²) >= 11 is 0. The van der Waals surface area contributed by atoms with Gasteiger partial charge < -0.3 is 9.51 Å². The number of aromatic nitrogens is 2. The van der Waals surface area contributed by atoms with Crippen molar-refractivity contribution < 1.29 is 9.50 Å². The van der Waals surface area contributed by atoms with Crippen LogP contribution in [0, 0.1) is 12.7 Å². The molecule has 0 radical (unpaired) electrons. The molecule has 0 amide bonds. The van der Waals surface area contributed by atoms with Crippen molar-refractivity contribution in [2.75, 3.05) is 0 Å². The zero-order chi connectivity index (χ0) is 15.9. The van der Waals surface area contributed by atoms with Crippen LogP contribution in [0.2, 0.25) is 0 Å². The standard InChI is InChI=1S/C17H17FN2O2/c1-3-15(21)14-10-19-8-7-11(2)16(19)17(22)20(14)13-6-4-5-12(18)9-13/h4-10,15,21H,3H2,1-2H3. The molecule has 1 unspecified atom stereocenters. The third-order valence-electron chi connectivity index (χ3n) is 3.85. The Kier molecular flexibility index (Phi) is 3.58. The van der Waals surface area contributed by atoms with Crippen molar-refractivity contribution >= 4 is 5.52 Å². The first kappa shape index (κ1) is 14.5. The van der Waals surface area contributed by atoms with E-state index in [0.29, 0.717) is 23.3 Å². The van der Waals surface area contributed by atoms with E-state index in [9.17, 15) is 14.3 Å². The van der Waals surface area contributed by atoms with E-state index < -0.39 is 11.9 Å². The molecule has 22 heavy (non-hydrogen) atoms. The molecule has 0 spiro atoms. The van der Waals surface area contributed by atoms with Gasteiger partial charge in [0.05, 0.1) is 17.5 Å². The van der Waals surface area contributed by atoms with Crippen molar-refractivity contribution in [2.45, 2.75) is 26.4 Å². The number of aryl methyl sites for hydroxylation is 1. The first-order valence-electron chi connectivity index (χ1n) is 7.20. The van der Waals surface area contributed by atoms with Crippen LogP contribution in [0.3, 0.4) is 0 Å². The van der Waals surface area contributed by atoms with E-state index >= 15 is 0 Å². The molecule has 1 atom stereocenters. The summed E-state index contributed by atoms with van der Waals surface area (Å²) < 4.78 is 16.6. The Morgan fingerprint density at radius 1 is 1.32 bits per heavy atom. The number of nitrogens with zero attached hydrogens (tertiary/aromatic N) is 2.